The summed E-state index contributed by atoms with van der Waals surface area (Å²) < 4.78 is 11.4. The Bertz CT molecular complexity index is 1000. The van der Waals surface area contributed by atoms with Gasteiger partial charge in [0.15, 0.2) is 6.23 Å². The van der Waals surface area contributed by atoms with Crippen LogP contribution in [0.5, 0.6) is 0 Å². The van der Waals surface area contributed by atoms with E-state index >= 15 is 0 Å². The van der Waals surface area contributed by atoms with E-state index in [2.05, 4.69) is 0 Å². The van der Waals surface area contributed by atoms with Crippen LogP contribution in [-0.2, 0) is 19.1 Å². The van der Waals surface area contributed by atoms with Gasteiger partial charge in [0.05, 0.1) is 17.9 Å². The van der Waals surface area contributed by atoms with Crippen molar-refractivity contribution < 1.29 is 23.9 Å². The van der Waals surface area contributed by atoms with E-state index in [-0.39, 0.29) is 17.9 Å². The average Bonchev–Trinajstić information content (AvgIpc) is 3.33. The minimum Gasteiger partial charge on any atom is -0.474 e. The average molecular weight is 422 g/mol. The predicted molar refractivity (Wildman–Crippen MR) is 115 cm³/mol. The molecule has 3 aliphatic rings. The van der Waals surface area contributed by atoms with Crippen LogP contribution in [-0.4, -0.2) is 40.7 Å². The van der Waals surface area contributed by atoms with E-state index in [1.165, 1.54) is 6.26 Å². The second kappa shape index (κ2) is 7.72. The van der Waals surface area contributed by atoms with Gasteiger partial charge in [-0.25, -0.2) is 9.69 Å². The fourth-order valence-electron chi connectivity index (χ4n) is 4.06. The fraction of sp³-hybridized carbons (Fsp3) is 0.375. The highest BCUT2D eigenvalue weighted by molar-refractivity contribution is 6.08. The number of allylic oxidation sites excluding steroid dienone is 1. The number of carbonyl (C=O) groups excluding carboxylic acids is 3. The Balaban J connectivity index is 1.58. The van der Waals surface area contributed by atoms with Crippen LogP contribution < -0.4 is 4.90 Å². The first kappa shape index (κ1) is 20.9. The molecule has 0 saturated carbocycles. The van der Waals surface area contributed by atoms with E-state index < -0.39 is 23.8 Å². The van der Waals surface area contributed by atoms with Gasteiger partial charge in [0, 0.05) is 17.2 Å². The second-order valence-corrected chi connectivity index (χ2v) is 8.88. The Morgan fingerprint density at radius 1 is 1.13 bits per heavy atom. The summed E-state index contributed by atoms with van der Waals surface area (Å²) in [5.41, 5.74) is 0.971. The molecule has 2 heterocycles. The Kier molecular flexibility index (Phi) is 5.21. The summed E-state index contributed by atoms with van der Waals surface area (Å²) in [6.07, 6.45) is 6.23. The molecule has 0 aromatic heterocycles. The molecule has 1 aliphatic carbocycles. The molecule has 3 unspecified atom stereocenters. The largest absolute Gasteiger partial charge is 0.474 e. The van der Waals surface area contributed by atoms with Crippen molar-refractivity contribution in [2.75, 3.05) is 4.90 Å². The molecule has 3 atom stereocenters. The SMILES string of the molecule is CC1=CC(O/C=C2/C(=O)N(C(=O)OC(C)(C)C)C3C=CCC23)N(c2ccccc2)C1=O. The Morgan fingerprint density at radius 3 is 2.52 bits per heavy atom. The van der Waals surface area contributed by atoms with Gasteiger partial charge in [0.2, 0.25) is 0 Å². The Morgan fingerprint density at radius 2 is 1.84 bits per heavy atom. The molecule has 31 heavy (non-hydrogen) atoms. The van der Waals surface area contributed by atoms with E-state index in [0.717, 1.165) is 4.90 Å². The molecular formula is C24H26N2O5. The van der Waals surface area contributed by atoms with Crippen molar-refractivity contribution in [3.05, 3.63) is 66.0 Å². The third-order valence-corrected chi connectivity index (χ3v) is 5.46. The van der Waals surface area contributed by atoms with E-state index in [4.69, 9.17) is 9.47 Å². The third kappa shape index (κ3) is 3.87. The van der Waals surface area contributed by atoms with E-state index in [0.29, 0.717) is 23.3 Å². The van der Waals surface area contributed by atoms with Gasteiger partial charge in [-0.3, -0.25) is 14.5 Å². The number of rotatable bonds is 3. The van der Waals surface area contributed by atoms with Crippen LogP contribution in [0.15, 0.2) is 66.0 Å². The van der Waals surface area contributed by atoms with Crippen LogP contribution in [0, 0.1) is 5.92 Å². The van der Waals surface area contributed by atoms with Crippen molar-refractivity contribution in [2.24, 2.45) is 5.92 Å². The number of hydrogen-bond donors (Lipinski definition) is 0. The van der Waals surface area contributed by atoms with Gasteiger partial charge < -0.3 is 9.47 Å². The van der Waals surface area contributed by atoms with Crippen molar-refractivity contribution in [1.29, 1.82) is 0 Å². The number of benzene rings is 1. The number of hydrogen-bond acceptors (Lipinski definition) is 5. The summed E-state index contributed by atoms with van der Waals surface area (Å²) in [5, 5.41) is 0. The zero-order valence-corrected chi connectivity index (χ0v) is 18.1. The van der Waals surface area contributed by atoms with Crippen LogP contribution in [0.2, 0.25) is 0 Å². The summed E-state index contributed by atoms with van der Waals surface area (Å²) in [5.74, 6) is -0.764. The van der Waals surface area contributed by atoms with Crippen molar-refractivity contribution >= 4 is 23.6 Å². The monoisotopic (exact) mass is 422 g/mol. The van der Waals surface area contributed by atoms with Gasteiger partial charge in [-0.05, 0) is 52.3 Å². The molecule has 2 aliphatic heterocycles. The van der Waals surface area contributed by atoms with Crippen LogP contribution in [0.3, 0.4) is 0 Å². The first-order valence-electron chi connectivity index (χ1n) is 10.3. The number of carbonyl (C=O) groups is 3. The Hall–Kier alpha value is -3.35. The number of fused-ring (bicyclic) bond motifs is 1. The summed E-state index contributed by atoms with van der Waals surface area (Å²) in [6, 6.07) is 8.84. The molecule has 0 bridgehead atoms. The maximum atomic E-state index is 13.1. The van der Waals surface area contributed by atoms with Gasteiger partial charge in [0.1, 0.15) is 5.60 Å². The summed E-state index contributed by atoms with van der Waals surface area (Å²) >= 11 is 0. The van der Waals surface area contributed by atoms with Crippen molar-refractivity contribution in [3.8, 4) is 0 Å². The normalized spacial score (nSPS) is 26.5. The zero-order valence-electron chi connectivity index (χ0n) is 18.1. The quantitative estimate of drug-likeness (QED) is 0.419. The molecule has 0 spiro atoms. The lowest BCUT2D eigenvalue weighted by Crippen LogP contribution is -2.42. The Labute approximate surface area is 181 Å². The molecule has 7 heteroatoms. The summed E-state index contributed by atoms with van der Waals surface area (Å²) in [6.45, 7) is 7.02. The lowest BCUT2D eigenvalue weighted by Gasteiger charge is -2.25. The molecule has 0 radical (unpaired) electrons. The third-order valence-electron chi connectivity index (χ3n) is 5.46. The topological polar surface area (TPSA) is 76.2 Å². The maximum Gasteiger partial charge on any atom is 0.417 e. The van der Waals surface area contributed by atoms with Gasteiger partial charge in [-0.15, -0.1) is 0 Å². The van der Waals surface area contributed by atoms with Crippen LogP contribution >= 0.6 is 0 Å². The molecule has 4 rings (SSSR count). The lowest BCUT2D eigenvalue weighted by atomic mass is 9.98. The number of para-hydroxylation sites is 1. The van der Waals surface area contributed by atoms with Crippen molar-refractivity contribution in [2.45, 2.75) is 52.0 Å². The summed E-state index contributed by atoms with van der Waals surface area (Å²) in [7, 11) is 0. The van der Waals surface area contributed by atoms with Crippen LogP contribution in [0.1, 0.15) is 34.1 Å². The van der Waals surface area contributed by atoms with E-state index in [1.54, 1.807) is 38.7 Å². The molecular weight excluding hydrogens is 396 g/mol. The lowest BCUT2D eigenvalue weighted by molar-refractivity contribution is -0.125. The smallest absolute Gasteiger partial charge is 0.417 e. The predicted octanol–water partition coefficient (Wildman–Crippen LogP) is 3.93. The van der Waals surface area contributed by atoms with Crippen molar-refractivity contribution in [1.82, 2.24) is 4.90 Å². The number of anilines is 1. The number of imide groups is 1. The highest BCUT2D eigenvalue weighted by Crippen LogP contribution is 2.39. The minimum absolute atomic E-state index is 0.150. The molecule has 1 aromatic carbocycles. The number of ether oxygens (including phenoxy) is 2. The zero-order chi connectivity index (χ0) is 22.3. The highest BCUT2D eigenvalue weighted by Gasteiger charge is 2.49. The van der Waals surface area contributed by atoms with Crippen LogP contribution in [0.25, 0.3) is 0 Å². The fourth-order valence-corrected chi connectivity index (χ4v) is 4.06. The van der Waals surface area contributed by atoms with Crippen LogP contribution in [0.4, 0.5) is 10.5 Å². The number of likely N-dealkylation sites (tertiary alicyclic amines) is 1. The van der Waals surface area contributed by atoms with Gasteiger partial charge in [0.25, 0.3) is 11.8 Å². The second-order valence-electron chi connectivity index (χ2n) is 8.88. The minimum atomic E-state index is -0.707. The highest BCUT2D eigenvalue weighted by atomic mass is 16.6. The molecule has 162 valence electrons. The first-order chi connectivity index (χ1) is 14.7. The maximum absolute atomic E-state index is 13.1. The van der Waals surface area contributed by atoms with Gasteiger partial charge in [-0.2, -0.15) is 0 Å². The van der Waals surface area contributed by atoms with E-state index in [9.17, 15) is 14.4 Å². The molecule has 0 N–H and O–H groups in total. The van der Waals surface area contributed by atoms with Gasteiger partial charge >= 0.3 is 6.09 Å². The van der Waals surface area contributed by atoms with E-state index in [1.807, 2.05) is 42.5 Å². The van der Waals surface area contributed by atoms with Crippen molar-refractivity contribution in [3.63, 3.8) is 0 Å². The number of amides is 3. The molecule has 1 fully saturated rings. The molecule has 1 saturated heterocycles. The summed E-state index contributed by atoms with van der Waals surface area (Å²) in [4.78, 5) is 41.1. The molecule has 3 amide bonds. The molecule has 1 aromatic rings. The first-order valence-corrected chi connectivity index (χ1v) is 10.3. The molecule has 7 nitrogen and oxygen atoms in total. The van der Waals surface area contributed by atoms with Gasteiger partial charge in [-0.1, -0.05) is 30.4 Å². The number of nitrogens with zero attached hydrogens (tertiary/aromatic N) is 2. The standard InChI is InChI=1S/C24H26N2O5/c1-15-13-20(25(21(15)27)16-9-6-5-7-10-16)30-14-18-17-11-8-12-19(17)26(22(18)28)23(29)31-24(2,3)4/h5-10,12-14,17,19-20H,11H2,1-4H3/b18-14+.